The number of anilines is 2. The molecule has 0 heterocycles. The maximum absolute atomic E-state index is 12.0. The van der Waals surface area contributed by atoms with Gasteiger partial charge in [0.05, 0.1) is 6.54 Å². The van der Waals surface area contributed by atoms with Crippen LogP contribution in [-0.2, 0) is 4.79 Å². The van der Waals surface area contributed by atoms with E-state index in [1.54, 1.807) is 56.6 Å². The summed E-state index contributed by atoms with van der Waals surface area (Å²) in [5, 5.41) is 6.35. The normalized spacial score (nSPS) is 10.0. The van der Waals surface area contributed by atoms with Crippen molar-refractivity contribution in [1.29, 1.82) is 0 Å². The molecule has 0 unspecified atom stereocenters. The van der Waals surface area contributed by atoms with Crippen molar-refractivity contribution >= 4 is 34.8 Å². The molecule has 2 aromatic rings. The van der Waals surface area contributed by atoms with Crippen molar-refractivity contribution in [3.05, 3.63) is 59.1 Å². The first-order chi connectivity index (χ1) is 11.0. The molecule has 23 heavy (non-hydrogen) atoms. The van der Waals surface area contributed by atoms with Gasteiger partial charge in [0.15, 0.2) is 0 Å². The summed E-state index contributed by atoms with van der Waals surface area (Å²) in [7, 11) is 3.37. The van der Waals surface area contributed by atoms with Gasteiger partial charge in [0.2, 0.25) is 5.91 Å². The largest absolute Gasteiger partial charge is 0.376 e. The summed E-state index contributed by atoms with van der Waals surface area (Å²) in [6.45, 7) is 0.103. The molecule has 2 N–H and O–H groups in total. The van der Waals surface area contributed by atoms with Crippen LogP contribution in [0.1, 0.15) is 10.4 Å². The lowest BCUT2D eigenvalue weighted by Gasteiger charge is -2.12. The lowest BCUT2D eigenvalue weighted by molar-refractivity contribution is -0.114. The van der Waals surface area contributed by atoms with Crippen LogP contribution >= 0.6 is 11.6 Å². The number of nitrogens with one attached hydrogen (secondary N) is 2. The second-order valence-corrected chi connectivity index (χ2v) is 5.63. The Morgan fingerprint density at radius 3 is 2.43 bits per heavy atom. The molecule has 0 aromatic heterocycles. The van der Waals surface area contributed by atoms with E-state index >= 15 is 0 Å². The maximum Gasteiger partial charge on any atom is 0.253 e. The third-order valence-corrected chi connectivity index (χ3v) is 3.31. The number of halogens is 1. The molecule has 0 aliphatic rings. The topological polar surface area (TPSA) is 61.4 Å². The van der Waals surface area contributed by atoms with Crippen molar-refractivity contribution in [2.75, 3.05) is 31.3 Å². The molecule has 120 valence electrons. The Hall–Kier alpha value is -2.53. The zero-order chi connectivity index (χ0) is 16.8. The molecule has 2 amide bonds. The zero-order valence-corrected chi connectivity index (χ0v) is 13.7. The summed E-state index contributed by atoms with van der Waals surface area (Å²) >= 11 is 5.89. The first-order valence-corrected chi connectivity index (χ1v) is 7.44. The van der Waals surface area contributed by atoms with Crippen molar-refractivity contribution in [3.63, 3.8) is 0 Å². The number of nitrogens with zero attached hydrogens (tertiary/aromatic N) is 1. The highest BCUT2D eigenvalue weighted by atomic mass is 35.5. The standard InChI is InChI=1S/C17H18ClN3O2/c1-21(2)17(23)12-5-3-8-15(9-12)20-16(22)11-19-14-7-4-6-13(18)10-14/h3-10,19H,11H2,1-2H3,(H,20,22). The number of carbonyl (C=O) groups excluding carboxylic acids is 2. The monoisotopic (exact) mass is 331 g/mol. The van der Waals surface area contributed by atoms with E-state index in [0.717, 1.165) is 5.69 Å². The van der Waals surface area contributed by atoms with E-state index in [2.05, 4.69) is 10.6 Å². The highest BCUT2D eigenvalue weighted by Crippen LogP contribution is 2.15. The number of hydrogen-bond acceptors (Lipinski definition) is 3. The second kappa shape index (κ2) is 7.65. The minimum atomic E-state index is -0.209. The van der Waals surface area contributed by atoms with Crippen LogP contribution in [0.15, 0.2) is 48.5 Å². The quantitative estimate of drug-likeness (QED) is 0.885. The van der Waals surface area contributed by atoms with Gasteiger partial charge in [-0.3, -0.25) is 9.59 Å². The summed E-state index contributed by atoms with van der Waals surface area (Å²) in [5.74, 6) is -0.322. The van der Waals surface area contributed by atoms with Crippen LogP contribution in [-0.4, -0.2) is 37.4 Å². The SMILES string of the molecule is CN(C)C(=O)c1cccc(NC(=O)CNc2cccc(Cl)c2)c1. The Morgan fingerprint density at radius 2 is 1.74 bits per heavy atom. The number of hydrogen-bond donors (Lipinski definition) is 2. The highest BCUT2D eigenvalue weighted by molar-refractivity contribution is 6.30. The first kappa shape index (κ1) is 16.8. The van der Waals surface area contributed by atoms with E-state index in [-0.39, 0.29) is 18.4 Å². The molecule has 0 aliphatic heterocycles. The fraction of sp³-hybridized carbons (Fsp3) is 0.176. The van der Waals surface area contributed by atoms with Gasteiger partial charge in [0.1, 0.15) is 0 Å². The smallest absolute Gasteiger partial charge is 0.253 e. The summed E-state index contributed by atoms with van der Waals surface area (Å²) in [5.41, 5.74) is 1.87. The highest BCUT2D eigenvalue weighted by Gasteiger charge is 2.09. The molecule has 0 atom stereocenters. The third-order valence-electron chi connectivity index (χ3n) is 3.08. The second-order valence-electron chi connectivity index (χ2n) is 5.19. The predicted octanol–water partition coefficient (Wildman–Crippen LogP) is 3.09. The molecule has 0 saturated carbocycles. The molecule has 0 aliphatic carbocycles. The van der Waals surface area contributed by atoms with E-state index in [4.69, 9.17) is 11.6 Å². The van der Waals surface area contributed by atoms with Crippen molar-refractivity contribution in [1.82, 2.24) is 4.90 Å². The molecule has 6 heteroatoms. The fourth-order valence-electron chi connectivity index (χ4n) is 1.97. The van der Waals surface area contributed by atoms with Gasteiger partial charge in [-0.15, -0.1) is 0 Å². The van der Waals surface area contributed by atoms with Crippen molar-refractivity contribution in [2.45, 2.75) is 0 Å². The zero-order valence-electron chi connectivity index (χ0n) is 13.0. The molecular formula is C17H18ClN3O2. The average Bonchev–Trinajstić information content (AvgIpc) is 2.52. The van der Waals surface area contributed by atoms with Crippen LogP contribution in [0.4, 0.5) is 11.4 Å². The Bertz CT molecular complexity index is 716. The molecule has 2 aromatic carbocycles. The molecule has 0 bridgehead atoms. The molecule has 5 nitrogen and oxygen atoms in total. The molecule has 0 saturated heterocycles. The van der Waals surface area contributed by atoms with Crippen molar-refractivity contribution in [2.24, 2.45) is 0 Å². The van der Waals surface area contributed by atoms with E-state index in [0.29, 0.717) is 16.3 Å². The van der Waals surface area contributed by atoms with Crippen LogP contribution in [0, 0.1) is 0 Å². The van der Waals surface area contributed by atoms with Crippen LogP contribution in [0.25, 0.3) is 0 Å². The van der Waals surface area contributed by atoms with Crippen LogP contribution < -0.4 is 10.6 Å². The summed E-state index contributed by atoms with van der Waals surface area (Å²) in [6, 6.07) is 14.0. The van der Waals surface area contributed by atoms with Gasteiger partial charge in [0, 0.05) is 36.1 Å². The Morgan fingerprint density at radius 1 is 1.04 bits per heavy atom. The first-order valence-electron chi connectivity index (χ1n) is 7.07. The van der Waals surface area contributed by atoms with Crippen LogP contribution in [0.2, 0.25) is 5.02 Å². The number of rotatable bonds is 5. The van der Waals surface area contributed by atoms with Gasteiger partial charge < -0.3 is 15.5 Å². The minimum absolute atomic E-state index is 0.103. The molecular weight excluding hydrogens is 314 g/mol. The van der Waals surface area contributed by atoms with E-state index in [1.807, 2.05) is 6.07 Å². The van der Waals surface area contributed by atoms with Gasteiger partial charge in [-0.2, -0.15) is 0 Å². The van der Waals surface area contributed by atoms with E-state index < -0.39 is 0 Å². The Kier molecular flexibility index (Phi) is 5.60. The summed E-state index contributed by atoms with van der Waals surface area (Å²) in [4.78, 5) is 25.4. The average molecular weight is 332 g/mol. The lowest BCUT2D eigenvalue weighted by Crippen LogP contribution is -2.23. The van der Waals surface area contributed by atoms with Gasteiger partial charge in [0.25, 0.3) is 5.91 Å². The Labute approximate surface area is 140 Å². The molecule has 2 rings (SSSR count). The lowest BCUT2D eigenvalue weighted by atomic mass is 10.2. The van der Waals surface area contributed by atoms with Gasteiger partial charge in [-0.1, -0.05) is 23.7 Å². The van der Waals surface area contributed by atoms with Gasteiger partial charge >= 0.3 is 0 Å². The molecule has 0 radical (unpaired) electrons. The van der Waals surface area contributed by atoms with Crippen molar-refractivity contribution < 1.29 is 9.59 Å². The van der Waals surface area contributed by atoms with E-state index in [9.17, 15) is 9.59 Å². The number of carbonyl (C=O) groups is 2. The molecule has 0 fully saturated rings. The minimum Gasteiger partial charge on any atom is -0.376 e. The number of benzene rings is 2. The fourth-order valence-corrected chi connectivity index (χ4v) is 2.16. The summed E-state index contributed by atoms with van der Waals surface area (Å²) in [6.07, 6.45) is 0. The molecule has 0 spiro atoms. The van der Waals surface area contributed by atoms with Crippen LogP contribution in [0.3, 0.4) is 0 Å². The van der Waals surface area contributed by atoms with Crippen LogP contribution in [0.5, 0.6) is 0 Å². The van der Waals surface area contributed by atoms with E-state index in [1.165, 1.54) is 4.90 Å². The number of amides is 2. The van der Waals surface area contributed by atoms with Gasteiger partial charge in [-0.25, -0.2) is 0 Å². The van der Waals surface area contributed by atoms with Crippen molar-refractivity contribution in [3.8, 4) is 0 Å². The Balaban J connectivity index is 1.95. The van der Waals surface area contributed by atoms with Gasteiger partial charge in [-0.05, 0) is 36.4 Å². The maximum atomic E-state index is 12.0. The summed E-state index contributed by atoms with van der Waals surface area (Å²) < 4.78 is 0. The predicted molar refractivity (Wildman–Crippen MR) is 93.0 cm³/mol. The third kappa shape index (κ3) is 5.00.